The number of fused-ring (bicyclic) bond motifs is 1. The Morgan fingerprint density at radius 1 is 0.778 bits per heavy atom. The van der Waals surface area contributed by atoms with Crippen molar-refractivity contribution in [2.24, 2.45) is 10.2 Å². The average molecular weight is 636 g/mol. The fourth-order valence-electron chi connectivity index (χ4n) is 2.78. The normalized spacial score (nSPS) is 11.7. The van der Waals surface area contributed by atoms with Gasteiger partial charge in [-0.2, -0.15) is 0 Å². The third-order valence-corrected chi connectivity index (χ3v) is 7.79. The minimum atomic E-state index is -6.02. The molecule has 13 nitrogen and oxygen atoms in total. The van der Waals surface area contributed by atoms with Crippen molar-refractivity contribution < 1.29 is 166 Å². The van der Waals surface area contributed by atoms with E-state index in [1.807, 2.05) is 0 Å². The molecular weight excluding hydrogens is 627 g/mol. The molecule has 0 aliphatic carbocycles. The van der Waals surface area contributed by atoms with Gasteiger partial charge in [-0.25, -0.2) is 0 Å². The van der Waals surface area contributed by atoms with E-state index < -0.39 is 82.2 Å². The summed E-state index contributed by atoms with van der Waals surface area (Å²) in [7, 11) is -10.6. The van der Waals surface area contributed by atoms with Gasteiger partial charge < -0.3 is 0 Å². The third-order valence-electron chi connectivity index (χ3n) is 4.10. The van der Waals surface area contributed by atoms with Gasteiger partial charge in [0.25, 0.3) is 0 Å². The van der Waals surface area contributed by atoms with Crippen LogP contribution in [0, 0.1) is 0 Å². The quantitative estimate of drug-likeness (QED) is 0.151. The molecule has 3 aromatic rings. The summed E-state index contributed by atoms with van der Waals surface area (Å²) in [6, 6.07) is 5.89. The van der Waals surface area contributed by atoms with Gasteiger partial charge in [-0.3, -0.25) is 0 Å². The Hall–Kier alpha value is 1.22. The summed E-state index contributed by atoms with van der Waals surface area (Å²) in [4.78, 5) is -2.27. The number of nitrogens with zero attached hydrogens (tertiary/aromatic N) is 2. The summed E-state index contributed by atoms with van der Waals surface area (Å²) in [6.07, 6.45) is 0. The van der Waals surface area contributed by atoms with E-state index in [-0.39, 0.29) is 118 Å². The Bertz CT molecular complexity index is 1550. The van der Waals surface area contributed by atoms with E-state index in [1.165, 1.54) is 12.1 Å². The molecule has 3 aromatic carbocycles. The number of hydrogen-bond donors (Lipinski definition) is 2. The molecule has 20 heteroatoms. The maximum atomic E-state index is 11.7. The summed E-state index contributed by atoms with van der Waals surface area (Å²) >= 11 is -6.02. The zero-order valence-electron chi connectivity index (χ0n) is 19.3. The van der Waals surface area contributed by atoms with Crippen molar-refractivity contribution in [3.8, 4) is 11.5 Å². The van der Waals surface area contributed by atoms with Gasteiger partial charge in [-0.05, 0) is 0 Å². The molecule has 0 radical (unpaired) electrons. The van der Waals surface area contributed by atoms with Crippen molar-refractivity contribution in [2.75, 3.05) is 0 Å². The number of hydrogen-bond acceptors (Lipinski definition) is 13. The standard InChI is InChI=1S/C16H13AsN2O11S2.4Na/c20-12-6-8(31(25,26)27)5-9-15(12)13(21)7-14(32(28,29)30)16(9)19-18-11-4-2-1-3-10(11)17(22,23)24;;;;/h1-7,20-21H,(H2,22,23,24)(H,25,26,27)(H,28,29,30);;;;/q;4*+1/p-4. The molecule has 0 atom stereocenters. The van der Waals surface area contributed by atoms with Gasteiger partial charge >= 0.3 is 301 Å². The largest absolute Gasteiger partial charge is 1.00 e. The number of azo groups is 1. The van der Waals surface area contributed by atoms with E-state index in [4.69, 9.17) is 0 Å². The number of rotatable bonds is 5. The van der Waals surface area contributed by atoms with E-state index >= 15 is 0 Å². The van der Waals surface area contributed by atoms with Crippen molar-refractivity contribution in [3.63, 3.8) is 0 Å². The summed E-state index contributed by atoms with van der Waals surface area (Å²) in [5.41, 5.74) is -1.44. The molecule has 0 heterocycles. The van der Waals surface area contributed by atoms with E-state index in [9.17, 15) is 48.1 Å². The molecule has 36 heavy (non-hydrogen) atoms. The van der Waals surface area contributed by atoms with Gasteiger partial charge in [0.05, 0.1) is 0 Å². The molecule has 0 spiro atoms. The second-order valence-electron chi connectivity index (χ2n) is 6.20. The monoisotopic (exact) mass is 636 g/mol. The van der Waals surface area contributed by atoms with Crippen LogP contribution in [0.4, 0.5) is 11.4 Å². The molecule has 0 aromatic heterocycles. The summed E-state index contributed by atoms with van der Waals surface area (Å²) in [5, 5.41) is 25.9. The molecule has 0 fully saturated rings. The van der Waals surface area contributed by atoms with Crippen LogP contribution in [0.3, 0.4) is 0 Å². The van der Waals surface area contributed by atoms with E-state index in [2.05, 4.69) is 10.2 Å². The minimum absolute atomic E-state index is 0. The molecule has 0 amide bonds. The summed E-state index contributed by atoms with van der Waals surface area (Å²) in [6.45, 7) is 0. The van der Waals surface area contributed by atoms with Crippen LogP contribution in [-0.4, -0.2) is 50.3 Å². The zero-order valence-corrected chi connectivity index (χ0v) is 30.8. The second-order valence-corrected chi connectivity index (χ2v) is 12.0. The molecule has 2 N–H and O–H groups in total. The first-order valence-electron chi connectivity index (χ1n) is 8.08. The van der Waals surface area contributed by atoms with Crippen molar-refractivity contribution in [3.05, 3.63) is 42.5 Å². The van der Waals surface area contributed by atoms with Gasteiger partial charge in [0.2, 0.25) is 0 Å². The topological polar surface area (TPSA) is 243 Å². The SMILES string of the molecule is O=S(=O)([O-])c1cc(O)c2c(O)cc(S(=O)(=O)[O-])c(N=Nc3ccccc3[As](=O)([O-])[O-])c2c1.[Na+].[Na+].[Na+].[Na+]. The first-order valence-corrected chi connectivity index (χ1v) is 14.1. The van der Waals surface area contributed by atoms with Crippen LogP contribution in [0.5, 0.6) is 11.5 Å². The van der Waals surface area contributed by atoms with Crippen molar-refractivity contribution in [1.29, 1.82) is 0 Å². The summed E-state index contributed by atoms with van der Waals surface area (Å²) in [5.74, 6) is -1.93. The van der Waals surface area contributed by atoms with E-state index in [0.717, 1.165) is 12.1 Å². The van der Waals surface area contributed by atoms with Crippen LogP contribution < -0.4 is 131 Å². The number of phenolic OH excluding ortho intramolecular Hbond substituents is 2. The predicted octanol–water partition coefficient (Wildman–Crippen LogP) is -13.2. The van der Waals surface area contributed by atoms with Crippen molar-refractivity contribution in [1.82, 2.24) is 0 Å². The third kappa shape index (κ3) is 9.13. The second kappa shape index (κ2) is 14.7. The van der Waals surface area contributed by atoms with Crippen LogP contribution in [0.2, 0.25) is 0 Å². The van der Waals surface area contributed by atoms with Crippen LogP contribution in [-0.2, 0) is 24.0 Å². The van der Waals surface area contributed by atoms with Gasteiger partial charge in [0, 0.05) is 0 Å². The molecule has 3 rings (SSSR count). The summed E-state index contributed by atoms with van der Waals surface area (Å²) < 4.78 is 103. The van der Waals surface area contributed by atoms with Gasteiger partial charge in [0.15, 0.2) is 0 Å². The molecule has 0 saturated carbocycles. The van der Waals surface area contributed by atoms with Crippen LogP contribution >= 0.6 is 0 Å². The Morgan fingerprint density at radius 3 is 1.81 bits per heavy atom. The van der Waals surface area contributed by atoms with Crippen LogP contribution in [0.1, 0.15) is 0 Å². The zero-order chi connectivity index (χ0) is 24.1. The maximum Gasteiger partial charge on any atom is 1.00 e. The minimum Gasteiger partial charge on any atom is 1.00 e. The molecule has 170 valence electrons. The molecular formula is C16H9AsN2Na4O11S2. The Balaban J connectivity index is 0. The number of aromatic hydroxyl groups is 2. The fraction of sp³-hybridized carbons (Fsp3) is 0. The van der Waals surface area contributed by atoms with E-state index in [0.29, 0.717) is 18.2 Å². The predicted molar refractivity (Wildman–Crippen MR) is 99.9 cm³/mol. The van der Waals surface area contributed by atoms with Gasteiger partial charge in [0.1, 0.15) is 0 Å². The van der Waals surface area contributed by atoms with Gasteiger partial charge in [-0.15, -0.1) is 0 Å². The Morgan fingerprint density at radius 2 is 1.31 bits per heavy atom. The van der Waals surface area contributed by atoms with Crippen molar-refractivity contribution in [2.45, 2.75) is 9.79 Å². The number of benzene rings is 3. The first-order chi connectivity index (χ1) is 14.6. The number of phenols is 2. The molecule has 0 saturated heterocycles. The molecule has 0 aliphatic heterocycles. The molecule has 0 unspecified atom stereocenters. The van der Waals surface area contributed by atoms with E-state index in [1.54, 1.807) is 0 Å². The van der Waals surface area contributed by atoms with Crippen molar-refractivity contribution >= 4 is 60.9 Å². The van der Waals surface area contributed by atoms with Crippen LogP contribution in [0.25, 0.3) is 10.8 Å². The molecule has 0 bridgehead atoms. The van der Waals surface area contributed by atoms with Crippen LogP contribution in [0.15, 0.2) is 62.5 Å². The molecule has 0 aliphatic rings. The van der Waals surface area contributed by atoms with Gasteiger partial charge in [-0.1, -0.05) is 0 Å². The first kappa shape index (κ1) is 39.4. The average Bonchev–Trinajstić information content (AvgIpc) is 2.64. The fourth-order valence-corrected chi connectivity index (χ4v) is 5.34. The smallest absolute Gasteiger partial charge is 1.00 e. The maximum absolute atomic E-state index is 11.7. The Labute approximate surface area is 296 Å². The Kier molecular flexibility index (Phi) is 16.1.